The van der Waals surface area contributed by atoms with Crippen LogP contribution in [0, 0.1) is 22.7 Å². The van der Waals surface area contributed by atoms with E-state index in [1.165, 1.54) is 12.1 Å². The number of aromatic hydroxyl groups is 2. The predicted molar refractivity (Wildman–Crippen MR) is 56.9 cm³/mol. The van der Waals surface area contributed by atoms with Crippen molar-refractivity contribution in [2.24, 2.45) is 0 Å². The van der Waals surface area contributed by atoms with Gasteiger partial charge < -0.3 is 15.1 Å². The van der Waals surface area contributed by atoms with Crippen LogP contribution in [0.2, 0.25) is 0 Å². The zero-order valence-electron chi connectivity index (χ0n) is 8.79. The maximum absolute atomic E-state index is 11.8. The minimum absolute atomic E-state index is 0.0618. The molecule has 0 radical (unpaired) electrons. The molecule has 0 spiro atoms. The Labute approximate surface area is 97.6 Å². The highest BCUT2D eigenvalue weighted by Gasteiger charge is 2.18. The standard InChI is InChI=1S/C11H9N3O3/c12-3-5-14(6-4-13)11(17)9-2-1-8(15)7-10(9)16/h1-2,7,15-16H,5-6H2. The molecule has 17 heavy (non-hydrogen) atoms. The number of nitrogens with zero attached hydrogens (tertiary/aromatic N) is 3. The molecule has 86 valence electrons. The molecule has 1 aromatic rings. The number of carbonyl (C=O) groups is 1. The molecular formula is C11H9N3O3. The summed E-state index contributed by atoms with van der Waals surface area (Å²) in [6.45, 7) is -0.487. The first-order chi connectivity index (χ1) is 8.10. The van der Waals surface area contributed by atoms with Crippen LogP contribution in [-0.4, -0.2) is 34.1 Å². The molecule has 0 aliphatic rings. The Morgan fingerprint density at radius 3 is 2.29 bits per heavy atom. The van der Waals surface area contributed by atoms with Crippen molar-refractivity contribution in [3.63, 3.8) is 0 Å². The molecule has 1 rings (SSSR count). The topological polar surface area (TPSA) is 108 Å². The fourth-order valence-electron chi connectivity index (χ4n) is 1.24. The summed E-state index contributed by atoms with van der Waals surface area (Å²) in [7, 11) is 0. The number of rotatable bonds is 3. The van der Waals surface area contributed by atoms with E-state index in [2.05, 4.69) is 0 Å². The first-order valence-corrected chi connectivity index (χ1v) is 4.65. The quantitative estimate of drug-likeness (QED) is 0.740. The van der Waals surface area contributed by atoms with Gasteiger partial charge in [0.1, 0.15) is 24.6 Å². The lowest BCUT2D eigenvalue weighted by Gasteiger charge is -2.16. The van der Waals surface area contributed by atoms with Gasteiger partial charge in [-0.3, -0.25) is 4.79 Å². The lowest BCUT2D eigenvalue weighted by atomic mass is 10.1. The van der Waals surface area contributed by atoms with Gasteiger partial charge in [-0.25, -0.2) is 0 Å². The zero-order chi connectivity index (χ0) is 12.8. The molecule has 0 bridgehead atoms. The van der Waals surface area contributed by atoms with Crippen LogP contribution in [0.4, 0.5) is 0 Å². The van der Waals surface area contributed by atoms with Crippen molar-refractivity contribution in [3.8, 4) is 23.6 Å². The first kappa shape index (κ1) is 12.3. The summed E-state index contributed by atoms with van der Waals surface area (Å²) < 4.78 is 0. The summed E-state index contributed by atoms with van der Waals surface area (Å²) in [6, 6.07) is 7.00. The molecule has 1 aromatic carbocycles. The number of phenolic OH excluding ortho intramolecular Hbond substituents is 2. The average Bonchev–Trinajstić information content (AvgIpc) is 2.28. The summed E-state index contributed by atoms with van der Waals surface area (Å²) in [5.41, 5.74) is -0.0618. The van der Waals surface area contributed by atoms with Gasteiger partial charge in [0, 0.05) is 6.07 Å². The number of amides is 1. The third-order valence-electron chi connectivity index (χ3n) is 2.02. The Morgan fingerprint density at radius 2 is 1.82 bits per heavy atom. The van der Waals surface area contributed by atoms with E-state index in [0.29, 0.717) is 0 Å². The van der Waals surface area contributed by atoms with Gasteiger partial charge >= 0.3 is 0 Å². The minimum Gasteiger partial charge on any atom is -0.508 e. The lowest BCUT2D eigenvalue weighted by molar-refractivity contribution is 0.0791. The summed E-state index contributed by atoms with van der Waals surface area (Å²) in [5, 5.41) is 35.6. The van der Waals surface area contributed by atoms with Gasteiger partial charge in [-0.2, -0.15) is 10.5 Å². The predicted octanol–water partition coefficient (Wildman–Crippen LogP) is 0.587. The smallest absolute Gasteiger partial charge is 0.259 e. The van der Waals surface area contributed by atoms with Gasteiger partial charge in [0.15, 0.2) is 0 Å². The van der Waals surface area contributed by atoms with Crippen molar-refractivity contribution in [1.29, 1.82) is 10.5 Å². The van der Waals surface area contributed by atoms with Gasteiger partial charge in [-0.15, -0.1) is 0 Å². The van der Waals surface area contributed by atoms with Crippen molar-refractivity contribution in [2.45, 2.75) is 0 Å². The van der Waals surface area contributed by atoms with Crippen LogP contribution >= 0.6 is 0 Å². The fourth-order valence-corrected chi connectivity index (χ4v) is 1.24. The van der Waals surface area contributed by atoms with E-state index >= 15 is 0 Å². The highest BCUT2D eigenvalue weighted by atomic mass is 16.3. The van der Waals surface area contributed by atoms with Gasteiger partial charge in [-0.1, -0.05) is 0 Å². The minimum atomic E-state index is -0.634. The Morgan fingerprint density at radius 1 is 1.24 bits per heavy atom. The molecule has 0 saturated heterocycles. The van der Waals surface area contributed by atoms with Gasteiger partial charge in [-0.05, 0) is 12.1 Å². The largest absolute Gasteiger partial charge is 0.508 e. The van der Waals surface area contributed by atoms with E-state index in [4.69, 9.17) is 15.6 Å². The van der Waals surface area contributed by atoms with Crippen molar-refractivity contribution in [1.82, 2.24) is 4.90 Å². The number of nitriles is 2. The molecule has 6 nitrogen and oxygen atoms in total. The second kappa shape index (κ2) is 5.38. The summed E-state index contributed by atoms with van der Waals surface area (Å²) in [5.74, 6) is -1.20. The normalized spacial score (nSPS) is 9.06. The molecule has 0 aliphatic heterocycles. The van der Waals surface area contributed by atoms with Crippen molar-refractivity contribution in [2.75, 3.05) is 13.1 Å². The van der Waals surface area contributed by atoms with E-state index in [0.717, 1.165) is 11.0 Å². The average molecular weight is 231 g/mol. The Hall–Kier alpha value is -2.73. The fraction of sp³-hybridized carbons (Fsp3) is 0.182. The third-order valence-corrected chi connectivity index (χ3v) is 2.02. The van der Waals surface area contributed by atoms with E-state index in [1.807, 2.05) is 0 Å². The highest BCUT2D eigenvalue weighted by Crippen LogP contribution is 2.23. The molecule has 1 amide bonds. The summed E-state index contributed by atoms with van der Waals surface area (Å²) in [4.78, 5) is 12.8. The SMILES string of the molecule is N#CCN(CC#N)C(=O)c1ccc(O)cc1O. The maximum atomic E-state index is 11.8. The van der Waals surface area contributed by atoms with Gasteiger partial charge in [0.2, 0.25) is 0 Å². The second-order valence-corrected chi connectivity index (χ2v) is 3.18. The first-order valence-electron chi connectivity index (χ1n) is 4.65. The van der Waals surface area contributed by atoms with E-state index in [-0.39, 0.29) is 24.4 Å². The Kier molecular flexibility index (Phi) is 3.91. The van der Waals surface area contributed by atoms with Crippen molar-refractivity contribution >= 4 is 5.91 Å². The van der Waals surface area contributed by atoms with Crippen LogP contribution in [0.1, 0.15) is 10.4 Å². The van der Waals surface area contributed by atoms with Gasteiger partial charge in [0.05, 0.1) is 17.7 Å². The van der Waals surface area contributed by atoms with Crippen LogP contribution in [0.25, 0.3) is 0 Å². The van der Waals surface area contributed by atoms with Crippen LogP contribution < -0.4 is 0 Å². The number of phenols is 2. The molecular weight excluding hydrogens is 222 g/mol. The van der Waals surface area contributed by atoms with Crippen LogP contribution in [0.3, 0.4) is 0 Å². The van der Waals surface area contributed by atoms with E-state index in [1.54, 1.807) is 12.1 Å². The lowest BCUT2D eigenvalue weighted by Crippen LogP contribution is -2.31. The summed E-state index contributed by atoms with van der Waals surface area (Å²) >= 11 is 0. The Bertz CT molecular complexity index is 498. The molecule has 0 aromatic heterocycles. The molecule has 0 unspecified atom stereocenters. The van der Waals surface area contributed by atoms with E-state index < -0.39 is 11.7 Å². The molecule has 0 fully saturated rings. The monoisotopic (exact) mass is 231 g/mol. The van der Waals surface area contributed by atoms with E-state index in [9.17, 15) is 9.90 Å². The summed E-state index contributed by atoms with van der Waals surface area (Å²) in [6.07, 6.45) is 0. The molecule has 0 aliphatic carbocycles. The Balaban J connectivity index is 3.02. The number of benzene rings is 1. The highest BCUT2D eigenvalue weighted by molar-refractivity contribution is 5.97. The molecule has 0 heterocycles. The van der Waals surface area contributed by atoms with Crippen LogP contribution in [-0.2, 0) is 0 Å². The number of hydrogen-bond donors (Lipinski definition) is 2. The molecule has 6 heteroatoms. The van der Waals surface area contributed by atoms with Crippen LogP contribution in [0.5, 0.6) is 11.5 Å². The zero-order valence-corrected chi connectivity index (χ0v) is 8.79. The van der Waals surface area contributed by atoms with Gasteiger partial charge in [0.25, 0.3) is 5.91 Å². The molecule has 0 saturated carbocycles. The second-order valence-electron chi connectivity index (χ2n) is 3.18. The molecule has 2 N–H and O–H groups in total. The third kappa shape index (κ3) is 2.86. The maximum Gasteiger partial charge on any atom is 0.259 e. The van der Waals surface area contributed by atoms with Crippen molar-refractivity contribution < 1.29 is 15.0 Å². The number of hydrogen-bond acceptors (Lipinski definition) is 5. The van der Waals surface area contributed by atoms with Crippen LogP contribution in [0.15, 0.2) is 18.2 Å². The molecule has 0 atom stereocenters. The van der Waals surface area contributed by atoms with Crippen molar-refractivity contribution in [3.05, 3.63) is 23.8 Å². The number of carbonyl (C=O) groups excluding carboxylic acids is 1.